The maximum absolute atomic E-state index is 12.9. The van der Waals surface area contributed by atoms with Crippen LogP contribution in [0, 0.1) is 12.7 Å². The van der Waals surface area contributed by atoms with Gasteiger partial charge in [-0.2, -0.15) is 4.98 Å². The summed E-state index contributed by atoms with van der Waals surface area (Å²) in [5, 5.41) is 0.161. The van der Waals surface area contributed by atoms with Gasteiger partial charge in [0.2, 0.25) is 0 Å². The highest BCUT2D eigenvalue weighted by Gasteiger charge is 2.08. The van der Waals surface area contributed by atoms with Gasteiger partial charge in [0.1, 0.15) is 11.6 Å². The van der Waals surface area contributed by atoms with Crippen molar-refractivity contribution < 1.29 is 9.13 Å². The molecule has 0 atom stereocenters. The number of aryl methyl sites for hydroxylation is 1. The fourth-order valence-corrected chi connectivity index (χ4v) is 1.62. The SMILES string of the molecule is Cc1cc(CN)nc(Oc2ccc(F)cc2Cl)n1. The normalized spacial score (nSPS) is 10.4. The van der Waals surface area contributed by atoms with Gasteiger partial charge in [0, 0.05) is 12.2 Å². The molecule has 0 spiro atoms. The molecule has 0 aliphatic rings. The van der Waals surface area contributed by atoms with Crippen molar-refractivity contribution in [2.24, 2.45) is 5.73 Å². The van der Waals surface area contributed by atoms with E-state index in [0.717, 1.165) is 11.8 Å². The first-order chi connectivity index (χ1) is 8.58. The van der Waals surface area contributed by atoms with Crippen molar-refractivity contribution in [2.45, 2.75) is 13.5 Å². The molecular formula is C12H11ClFN3O. The molecule has 2 rings (SSSR count). The smallest absolute Gasteiger partial charge is 0.322 e. The summed E-state index contributed by atoms with van der Waals surface area (Å²) in [7, 11) is 0. The Balaban J connectivity index is 2.30. The number of halogens is 2. The van der Waals surface area contributed by atoms with Crippen molar-refractivity contribution in [3.05, 3.63) is 46.5 Å². The third-order valence-corrected chi connectivity index (χ3v) is 2.49. The minimum Gasteiger partial charge on any atom is -0.423 e. The van der Waals surface area contributed by atoms with Crippen LogP contribution in [0.1, 0.15) is 11.4 Å². The third kappa shape index (κ3) is 2.94. The molecule has 0 saturated carbocycles. The fourth-order valence-electron chi connectivity index (χ4n) is 1.41. The van der Waals surface area contributed by atoms with Crippen molar-refractivity contribution >= 4 is 11.6 Å². The summed E-state index contributed by atoms with van der Waals surface area (Å²) in [5.74, 6) is -0.133. The van der Waals surface area contributed by atoms with Crippen LogP contribution in [-0.2, 0) is 6.54 Å². The van der Waals surface area contributed by atoms with Crippen LogP contribution >= 0.6 is 11.6 Å². The molecule has 0 radical (unpaired) electrons. The van der Waals surface area contributed by atoms with E-state index in [1.54, 1.807) is 13.0 Å². The molecule has 0 unspecified atom stereocenters. The van der Waals surface area contributed by atoms with Crippen LogP contribution in [0.2, 0.25) is 5.02 Å². The first kappa shape index (κ1) is 12.7. The van der Waals surface area contributed by atoms with Crippen molar-refractivity contribution in [1.82, 2.24) is 9.97 Å². The first-order valence-corrected chi connectivity index (χ1v) is 5.64. The lowest BCUT2D eigenvalue weighted by Gasteiger charge is -2.07. The molecular weight excluding hydrogens is 257 g/mol. The molecule has 4 nitrogen and oxygen atoms in total. The maximum atomic E-state index is 12.9. The van der Waals surface area contributed by atoms with Crippen LogP contribution in [0.4, 0.5) is 4.39 Å². The molecule has 2 N–H and O–H groups in total. The predicted molar refractivity (Wildman–Crippen MR) is 66.1 cm³/mol. The Bertz CT molecular complexity index is 577. The Kier molecular flexibility index (Phi) is 3.74. The van der Waals surface area contributed by atoms with E-state index in [1.165, 1.54) is 12.1 Å². The van der Waals surface area contributed by atoms with Crippen LogP contribution in [0.25, 0.3) is 0 Å². The van der Waals surface area contributed by atoms with Gasteiger partial charge in [-0.3, -0.25) is 0 Å². The number of ether oxygens (including phenoxy) is 1. The minimum atomic E-state index is -0.430. The molecule has 94 valence electrons. The van der Waals surface area contributed by atoms with Crippen molar-refractivity contribution in [1.29, 1.82) is 0 Å². The van der Waals surface area contributed by atoms with Crippen molar-refractivity contribution in [3.63, 3.8) is 0 Å². The highest BCUT2D eigenvalue weighted by atomic mass is 35.5. The summed E-state index contributed by atoms with van der Waals surface area (Å²) < 4.78 is 18.3. The molecule has 0 bridgehead atoms. The summed E-state index contributed by atoms with van der Waals surface area (Å²) in [5.41, 5.74) is 6.91. The van der Waals surface area contributed by atoms with Crippen LogP contribution in [0.15, 0.2) is 24.3 Å². The molecule has 0 aliphatic carbocycles. The molecule has 1 heterocycles. The van der Waals surface area contributed by atoms with E-state index in [1.807, 2.05) is 0 Å². The van der Waals surface area contributed by atoms with Crippen molar-refractivity contribution in [3.8, 4) is 11.8 Å². The zero-order chi connectivity index (χ0) is 13.1. The van der Waals surface area contributed by atoms with Gasteiger partial charge in [0.15, 0.2) is 0 Å². The maximum Gasteiger partial charge on any atom is 0.322 e. The third-order valence-electron chi connectivity index (χ3n) is 2.19. The minimum absolute atomic E-state index is 0.143. The topological polar surface area (TPSA) is 61.0 Å². The van der Waals surface area contributed by atoms with Gasteiger partial charge in [0.05, 0.1) is 10.7 Å². The Morgan fingerprint density at radius 2 is 2.11 bits per heavy atom. The Labute approximate surface area is 109 Å². The number of nitrogens with zero attached hydrogens (tertiary/aromatic N) is 2. The zero-order valence-corrected chi connectivity index (χ0v) is 10.4. The first-order valence-electron chi connectivity index (χ1n) is 5.26. The van der Waals surface area contributed by atoms with E-state index in [-0.39, 0.29) is 17.6 Å². The van der Waals surface area contributed by atoms with Crippen LogP contribution in [-0.4, -0.2) is 9.97 Å². The van der Waals surface area contributed by atoms with E-state index in [4.69, 9.17) is 22.1 Å². The summed E-state index contributed by atoms with van der Waals surface area (Å²) in [6.07, 6.45) is 0. The lowest BCUT2D eigenvalue weighted by molar-refractivity contribution is 0.437. The monoisotopic (exact) mass is 267 g/mol. The van der Waals surface area contributed by atoms with Gasteiger partial charge >= 0.3 is 6.01 Å². The standard InChI is InChI=1S/C12H11ClFN3O/c1-7-4-9(6-15)17-12(16-7)18-11-3-2-8(14)5-10(11)13/h2-5H,6,15H2,1H3. The molecule has 1 aromatic heterocycles. The van der Waals surface area contributed by atoms with Gasteiger partial charge < -0.3 is 10.5 Å². The molecule has 0 saturated heterocycles. The predicted octanol–water partition coefficient (Wildman–Crippen LogP) is 2.83. The number of hydrogen-bond donors (Lipinski definition) is 1. The lowest BCUT2D eigenvalue weighted by atomic mass is 10.3. The largest absolute Gasteiger partial charge is 0.423 e. The Morgan fingerprint density at radius 3 is 2.78 bits per heavy atom. The van der Waals surface area contributed by atoms with Gasteiger partial charge in [-0.1, -0.05) is 11.6 Å². The number of rotatable bonds is 3. The van der Waals surface area contributed by atoms with Gasteiger partial charge in [-0.15, -0.1) is 0 Å². The molecule has 1 aromatic carbocycles. The molecule has 0 amide bonds. The summed E-state index contributed by atoms with van der Waals surface area (Å²) >= 11 is 5.85. The number of benzene rings is 1. The van der Waals surface area contributed by atoms with E-state index < -0.39 is 5.82 Å². The van der Waals surface area contributed by atoms with E-state index >= 15 is 0 Å². The highest BCUT2D eigenvalue weighted by molar-refractivity contribution is 6.32. The summed E-state index contributed by atoms with van der Waals surface area (Å²) in [6.45, 7) is 2.09. The van der Waals surface area contributed by atoms with Crippen molar-refractivity contribution in [2.75, 3.05) is 0 Å². The number of aromatic nitrogens is 2. The van der Waals surface area contributed by atoms with Crippen LogP contribution < -0.4 is 10.5 Å². The van der Waals surface area contributed by atoms with Gasteiger partial charge in [-0.25, -0.2) is 9.37 Å². The van der Waals surface area contributed by atoms with E-state index in [0.29, 0.717) is 11.4 Å². The van der Waals surface area contributed by atoms with Gasteiger partial charge in [-0.05, 0) is 31.2 Å². The van der Waals surface area contributed by atoms with Crippen LogP contribution in [0.3, 0.4) is 0 Å². The molecule has 2 aromatic rings. The second-order valence-electron chi connectivity index (χ2n) is 3.66. The van der Waals surface area contributed by atoms with Gasteiger partial charge in [0.25, 0.3) is 0 Å². The zero-order valence-electron chi connectivity index (χ0n) is 9.65. The average Bonchev–Trinajstić information content (AvgIpc) is 2.32. The highest BCUT2D eigenvalue weighted by Crippen LogP contribution is 2.28. The van der Waals surface area contributed by atoms with E-state index in [9.17, 15) is 4.39 Å². The summed E-state index contributed by atoms with van der Waals surface area (Å²) in [6, 6.07) is 5.74. The molecule has 6 heteroatoms. The van der Waals surface area contributed by atoms with E-state index in [2.05, 4.69) is 9.97 Å². The average molecular weight is 268 g/mol. The molecule has 0 aliphatic heterocycles. The number of nitrogens with two attached hydrogens (primary N) is 1. The molecule has 18 heavy (non-hydrogen) atoms. The Hall–Kier alpha value is -1.72. The second-order valence-corrected chi connectivity index (χ2v) is 4.07. The lowest BCUT2D eigenvalue weighted by Crippen LogP contribution is -2.03. The molecule has 0 fully saturated rings. The van der Waals surface area contributed by atoms with Crippen LogP contribution in [0.5, 0.6) is 11.8 Å². The number of hydrogen-bond acceptors (Lipinski definition) is 4. The quantitative estimate of drug-likeness (QED) is 0.929. The summed E-state index contributed by atoms with van der Waals surface area (Å²) in [4.78, 5) is 8.20. The fraction of sp³-hybridized carbons (Fsp3) is 0.167. The second kappa shape index (κ2) is 5.29. The Morgan fingerprint density at radius 1 is 1.33 bits per heavy atom.